The maximum absolute atomic E-state index is 5.82. The molecule has 1 heterocycles. The van der Waals surface area contributed by atoms with E-state index in [9.17, 15) is 0 Å². The molecule has 0 aromatic carbocycles. The minimum absolute atomic E-state index is 0.541. The third kappa shape index (κ3) is 2.31. The molecular formula is C8H7BrClN. The van der Waals surface area contributed by atoms with Crippen LogP contribution in [0.15, 0.2) is 29.4 Å². The van der Waals surface area contributed by atoms with E-state index in [2.05, 4.69) is 27.5 Å². The highest BCUT2D eigenvalue weighted by Gasteiger charge is 1.98. The maximum Gasteiger partial charge on any atom is 0.133 e. The van der Waals surface area contributed by atoms with Crippen LogP contribution in [0.4, 0.5) is 0 Å². The van der Waals surface area contributed by atoms with Crippen LogP contribution in [0, 0.1) is 0 Å². The fraction of sp³-hybridized carbons (Fsp3) is 0.125. The van der Waals surface area contributed by atoms with Crippen molar-refractivity contribution >= 4 is 27.5 Å². The van der Waals surface area contributed by atoms with Crippen molar-refractivity contribution in [3.8, 4) is 0 Å². The molecule has 0 bridgehead atoms. The van der Waals surface area contributed by atoms with Gasteiger partial charge in [-0.15, -0.1) is 6.58 Å². The monoisotopic (exact) mass is 231 g/mol. The van der Waals surface area contributed by atoms with Crippen LogP contribution in [0.1, 0.15) is 5.56 Å². The van der Waals surface area contributed by atoms with Crippen molar-refractivity contribution in [2.24, 2.45) is 0 Å². The van der Waals surface area contributed by atoms with Crippen molar-refractivity contribution in [3.63, 3.8) is 0 Å². The molecule has 0 unspecified atom stereocenters. The highest BCUT2D eigenvalue weighted by Crippen LogP contribution is 2.17. The Kier molecular flexibility index (Phi) is 3.09. The number of hydrogen-bond acceptors (Lipinski definition) is 1. The Balaban J connectivity index is 2.98. The second-order valence-electron chi connectivity index (χ2n) is 2.08. The second-order valence-corrected chi connectivity index (χ2v) is 3.25. The van der Waals surface area contributed by atoms with Gasteiger partial charge < -0.3 is 0 Å². The lowest BCUT2D eigenvalue weighted by molar-refractivity contribution is 1.17. The van der Waals surface area contributed by atoms with E-state index in [0.29, 0.717) is 5.15 Å². The van der Waals surface area contributed by atoms with Gasteiger partial charge in [0.15, 0.2) is 0 Å². The summed E-state index contributed by atoms with van der Waals surface area (Å²) < 4.78 is 0.760. The van der Waals surface area contributed by atoms with E-state index >= 15 is 0 Å². The molecular weight excluding hydrogens is 225 g/mol. The fourth-order valence-corrected chi connectivity index (χ4v) is 1.39. The minimum Gasteiger partial charge on any atom is -0.229 e. The van der Waals surface area contributed by atoms with Gasteiger partial charge >= 0.3 is 0 Å². The van der Waals surface area contributed by atoms with Crippen LogP contribution < -0.4 is 0 Å². The van der Waals surface area contributed by atoms with Crippen molar-refractivity contribution in [1.82, 2.24) is 4.98 Å². The molecule has 1 aromatic heterocycles. The van der Waals surface area contributed by atoms with Crippen LogP contribution in [0.2, 0.25) is 5.15 Å². The summed E-state index contributed by atoms with van der Waals surface area (Å²) in [6.07, 6.45) is 2.57. The van der Waals surface area contributed by atoms with Crippen LogP contribution in [-0.2, 0) is 6.42 Å². The van der Waals surface area contributed by atoms with Gasteiger partial charge in [-0.2, -0.15) is 0 Å². The molecule has 0 aliphatic carbocycles. The highest BCUT2D eigenvalue weighted by molar-refractivity contribution is 9.10. The molecule has 1 aromatic rings. The Hall–Kier alpha value is -0.340. The van der Waals surface area contributed by atoms with Crippen LogP contribution >= 0.6 is 27.5 Å². The van der Waals surface area contributed by atoms with Crippen molar-refractivity contribution < 1.29 is 0 Å². The van der Waals surface area contributed by atoms with Gasteiger partial charge in [0.2, 0.25) is 0 Å². The molecule has 0 aliphatic heterocycles. The van der Waals surface area contributed by atoms with Crippen molar-refractivity contribution in [2.45, 2.75) is 6.42 Å². The summed E-state index contributed by atoms with van der Waals surface area (Å²) in [6, 6.07) is 3.80. The third-order valence-electron chi connectivity index (χ3n) is 1.26. The molecule has 0 N–H and O–H groups in total. The molecule has 1 rings (SSSR count). The first-order valence-electron chi connectivity index (χ1n) is 3.16. The molecule has 0 amide bonds. The van der Waals surface area contributed by atoms with E-state index in [1.54, 1.807) is 6.08 Å². The van der Waals surface area contributed by atoms with Crippen molar-refractivity contribution in [3.05, 3.63) is 40.1 Å². The molecule has 58 valence electrons. The lowest BCUT2D eigenvalue weighted by atomic mass is 10.2. The lowest BCUT2D eigenvalue weighted by Gasteiger charge is -1.98. The molecule has 0 radical (unpaired) electrons. The number of hydrogen-bond donors (Lipinski definition) is 0. The van der Waals surface area contributed by atoms with Gasteiger partial charge in [-0.05, 0) is 34.0 Å². The van der Waals surface area contributed by atoms with Crippen molar-refractivity contribution in [1.29, 1.82) is 0 Å². The summed E-state index contributed by atoms with van der Waals surface area (Å²) in [5.74, 6) is 0. The average molecular weight is 233 g/mol. The number of halogens is 2. The van der Waals surface area contributed by atoms with Crippen LogP contribution in [0.25, 0.3) is 0 Å². The van der Waals surface area contributed by atoms with E-state index in [1.807, 2.05) is 12.1 Å². The zero-order valence-corrected chi connectivity index (χ0v) is 8.19. The fourth-order valence-electron chi connectivity index (χ4n) is 0.749. The van der Waals surface area contributed by atoms with E-state index < -0.39 is 0 Å². The Morgan fingerprint density at radius 3 is 2.91 bits per heavy atom. The Labute approximate surface area is 79.2 Å². The van der Waals surface area contributed by atoms with Crippen LogP contribution in [0.3, 0.4) is 0 Å². The van der Waals surface area contributed by atoms with Crippen molar-refractivity contribution in [2.75, 3.05) is 0 Å². The van der Waals surface area contributed by atoms with Gasteiger partial charge in [0, 0.05) is 0 Å². The maximum atomic E-state index is 5.82. The normalized spacial score (nSPS) is 9.64. The Bertz CT molecular complexity index is 273. The number of pyridine rings is 1. The number of rotatable bonds is 2. The molecule has 0 aliphatic rings. The van der Waals surface area contributed by atoms with E-state index in [4.69, 9.17) is 11.6 Å². The van der Waals surface area contributed by atoms with Gasteiger partial charge in [0.1, 0.15) is 9.76 Å². The minimum atomic E-state index is 0.541. The quantitative estimate of drug-likeness (QED) is 0.563. The highest BCUT2D eigenvalue weighted by atomic mass is 79.9. The summed E-state index contributed by atoms with van der Waals surface area (Å²) in [7, 11) is 0. The lowest BCUT2D eigenvalue weighted by Crippen LogP contribution is -1.86. The SMILES string of the molecule is C=CCc1ccc(Br)nc1Cl. The summed E-state index contributed by atoms with van der Waals surface area (Å²) in [5.41, 5.74) is 1.00. The van der Waals surface area contributed by atoms with Gasteiger partial charge in [-0.25, -0.2) is 4.98 Å². The molecule has 3 heteroatoms. The predicted molar refractivity (Wildman–Crippen MR) is 50.8 cm³/mol. The second kappa shape index (κ2) is 3.88. The number of allylic oxidation sites excluding steroid dienone is 1. The van der Waals surface area contributed by atoms with Gasteiger partial charge in [0.25, 0.3) is 0 Å². The zero-order valence-electron chi connectivity index (χ0n) is 5.85. The average Bonchev–Trinajstić information content (AvgIpc) is 1.95. The first kappa shape index (κ1) is 8.75. The molecule has 0 saturated heterocycles. The molecule has 11 heavy (non-hydrogen) atoms. The first-order valence-corrected chi connectivity index (χ1v) is 4.33. The topological polar surface area (TPSA) is 12.9 Å². The third-order valence-corrected chi connectivity index (χ3v) is 2.03. The van der Waals surface area contributed by atoms with E-state index in [-0.39, 0.29) is 0 Å². The van der Waals surface area contributed by atoms with Crippen LogP contribution in [-0.4, -0.2) is 4.98 Å². The zero-order chi connectivity index (χ0) is 8.27. The number of aromatic nitrogens is 1. The van der Waals surface area contributed by atoms with Crippen LogP contribution in [0.5, 0.6) is 0 Å². The summed E-state index contributed by atoms with van der Waals surface area (Å²) in [6.45, 7) is 3.62. The predicted octanol–water partition coefficient (Wildman–Crippen LogP) is 3.23. The van der Waals surface area contributed by atoms with Gasteiger partial charge in [0.05, 0.1) is 0 Å². The first-order chi connectivity index (χ1) is 5.24. The molecule has 0 fully saturated rings. The number of nitrogens with zero attached hydrogens (tertiary/aromatic N) is 1. The molecule has 0 atom stereocenters. The Morgan fingerprint density at radius 2 is 2.36 bits per heavy atom. The van der Waals surface area contributed by atoms with Gasteiger partial charge in [-0.1, -0.05) is 23.7 Å². The summed E-state index contributed by atoms with van der Waals surface area (Å²) in [5, 5.41) is 0.541. The van der Waals surface area contributed by atoms with Gasteiger partial charge in [-0.3, -0.25) is 0 Å². The molecule has 0 saturated carbocycles. The van der Waals surface area contributed by atoms with E-state index in [0.717, 1.165) is 16.6 Å². The largest absolute Gasteiger partial charge is 0.229 e. The Morgan fingerprint density at radius 1 is 1.64 bits per heavy atom. The molecule has 0 spiro atoms. The standard InChI is InChI=1S/C8H7BrClN/c1-2-3-6-4-5-7(9)11-8(6)10/h2,4-5H,1,3H2. The van der Waals surface area contributed by atoms with E-state index in [1.165, 1.54) is 0 Å². The smallest absolute Gasteiger partial charge is 0.133 e. The molecule has 1 nitrogen and oxygen atoms in total. The summed E-state index contributed by atoms with van der Waals surface area (Å²) in [4.78, 5) is 4.03. The summed E-state index contributed by atoms with van der Waals surface area (Å²) >= 11 is 9.05.